The van der Waals surface area contributed by atoms with Crippen molar-refractivity contribution in [1.29, 1.82) is 0 Å². The molecule has 1 aromatic heterocycles. The van der Waals surface area contributed by atoms with Crippen molar-refractivity contribution in [2.24, 2.45) is 0 Å². The van der Waals surface area contributed by atoms with Gasteiger partial charge in [0.1, 0.15) is 0 Å². The van der Waals surface area contributed by atoms with Gasteiger partial charge in [-0.1, -0.05) is 0 Å². The number of aromatic nitrogens is 1. The van der Waals surface area contributed by atoms with Gasteiger partial charge in [0.05, 0.1) is 12.7 Å². The highest BCUT2D eigenvalue weighted by Crippen LogP contribution is 2.16. The molecule has 0 atom stereocenters. The second-order valence-electron chi connectivity index (χ2n) is 2.61. The summed E-state index contributed by atoms with van der Waals surface area (Å²) in [5, 5.41) is 0. The van der Waals surface area contributed by atoms with Gasteiger partial charge in [0.25, 0.3) is 0 Å². The van der Waals surface area contributed by atoms with Gasteiger partial charge in [-0.25, -0.2) is 4.98 Å². The van der Waals surface area contributed by atoms with E-state index in [0.29, 0.717) is 11.4 Å². The Morgan fingerprint density at radius 1 is 1.50 bits per heavy atom. The van der Waals surface area contributed by atoms with Crippen molar-refractivity contribution in [2.45, 2.75) is 13.8 Å². The van der Waals surface area contributed by atoms with Crippen molar-refractivity contribution in [2.75, 3.05) is 7.11 Å². The summed E-state index contributed by atoms with van der Waals surface area (Å²) in [4.78, 5) is 14.6. The molecule has 3 nitrogen and oxygen atoms in total. The van der Waals surface area contributed by atoms with Gasteiger partial charge in [-0.05, 0) is 25.5 Å². The molecule has 64 valence electrons. The molecule has 0 fully saturated rings. The van der Waals surface area contributed by atoms with Crippen molar-refractivity contribution < 1.29 is 9.53 Å². The number of methoxy groups -OCH3 is 1. The van der Waals surface area contributed by atoms with E-state index < -0.39 is 0 Å². The molecular formula is C9H11NO2. The lowest BCUT2D eigenvalue weighted by molar-refractivity contribution is 0.112. The van der Waals surface area contributed by atoms with Gasteiger partial charge < -0.3 is 4.74 Å². The Morgan fingerprint density at radius 3 is 2.67 bits per heavy atom. The van der Waals surface area contributed by atoms with E-state index in [0.717, 1.165) is 17.5 Å². The van der Waals surface area contributed by atoms with Crippen LogP contribution < -0.4 is 4.74 Å². The summed E-state index contributed by atoms with van der Waals surface area (Å²) in [6, 6.07) is 1.77. The van der Waals surface area contributed by atoms with Gasteiger partial charge in [-0.15, -0.1) is 0 Å². The molecular weight excluding hydrogens is 154 g/mol. The van der Waals surface area contributed by atoms with E-state index in [4.69, 9.17) is 4.74 Å². The molecule has 0 saturated heterocycles. The van der Waals surface area contributed by atoms with Crippen LogP contribution in [0.15, 0.2) is 6.07 Å². The number of pyridine rings is 1. The van der Waals surface area contributed by atoms with Crippen LogP contribution in [0.25, 0.3) is 0 Å². The summed E-state index contributed by atoms with van der Waals surface area (Å²) in [5.74, 6) is 0.396. The lowest BCUT2D eigenvalue weighted by Crippen LogP contribution is -1.97. The number of ether oxygens (including phenoxy) is 1. The maximum Gasteiger partial charge on any atom is 0.224 e. The average molecular weight is 165 g/mol. The zero-order valence-corrected chi connectivity index (χ0v) is 7.42. The summed E-state index contributed by atoms with van der Waals surface area (Å²) < 4.78 is 4.93. The quantitative estimate of drug-likeness (QED) is 0.624. The standard InChI is InChI=1S/C9H11NO2/c1-6-4-8(5-11)9(12-3)10-7(6)2/h4-5H,1-3H3. The fraction of sp³-hybridized carbons (Fsp3) is 0.333. The molecule has 0 aliphatic heterocycles. The number of rotatable bonds is 2. The Morgan fingerprint density at radius 2 is 2.17 bits per heavy atom. The summed E-state index contributed by atoms with van der Waals surface area (Å²) >= 11 is 0. The van der Waals surface area contributed by atoms with E-state index in [-0.39, 0.29) is 0 Å². The van der Waals surface area contributed by atoms with Gasteiger partial charge in [-0.3, -0.25) is 4.79 Å². The molecule has 0 saturated carbocycles. The second kappa shape index (κ2) is 3.34. The monoisotopic (exact) mass is 165 g/mol. The molecule has 3 heteroatoms. The second-order valence-corrected chi connectivity index (χ2v) is 2.61. The Kier molecular flexibility index (Phi) is 2.43. The van der Waals surface area contributed by atoms with Gasteiger partial charge in [0.2, 0.25) is 5.88 Å². The van der Waals surface area contributed by atoms with E-state index >= 15 is 0 Å². The van der Waals surface area contributed by atoms with Gasteiger partial charge in [0, 0.05) is 5.69 Å². The van der Waals surface area contributed by atoms with Crippen LogP contribution in [0, 0.1) is 13.8 Å². The fourth-order valence-electron chi connectivity index (χ4n) is 0.952. The minimum atomic E-state index is 0.396. The van der Waals surface area contributed by atoms with Gasteiger partial charge in [0.15, 0.2) is 6.29 Å². The molecule has 0 aromatic carbocycles. The molecule has 1 aromatic rings. The first-order chi connectivity index (χ1) is 5.69. The highest BCUT2D eigenvalue weighted by molar-refractivity contribution is 5.78. The Labute approximate surface area is 71.4 Å². The predicted octanol–water partition coefficient (Wildman–Crippen LogP) is 1.52. The van der Waals surface area contributed by atoms with E-state index in [9.17, 15) is 4.79 Å². The van der Waals surface area contributed by atoms with E-state index in [1.54, 1.807) is 6.07 Å². The van der Waals surface area contributed by atoms with Crippen molar-refractivity contribution in [3.8, 4) is 5.88 Å². The molecule has 1 rings (SSSR count). The van der Waals surface area contributed by atoms with Crippen LogP contribution in [0.2, 0.25) is 0 Å². The first-order valence-electron chi connectivity index (χ1n) is 3.66. The Balaban J connectivity index is 3.28. The number of hydrogen-bond acceptors (Lipinski definition) is 3. The molecule has 0 bridgehead atoms. The number of hydrogen-bond donors (Lipinski definition) is 0. The summed E-state index contributed by atoms with van der Waals surface area (Å²) in [6.45, 7) is 3.79. The van der Waals surface area contributed by atoms with E-state index in [1.165, 1.54) is 7.11 Å². The van der Waals surface area contributed by atoms with Gasteiger partial charge in [-0.2, -0.15) is 0 Å². The van der Waals surface area contributed by atoms with Gasteiger partial charge >= 0.3 is 0 Å². The SMILES string of the molecule is COc1nc(C)c(C)cc1C=O. The molecule has 12 heavy (non-hydrogen) atoms. The van der Waals surface area contributed by atoms with Crippen LogP contribution in [0.4, 0.5) is 0 Å². The molecule has 0 aliphatic rings. The molecule has 0 radical (unpaired) electrons. The molecule has 1 heterocycles. The maximum atomic E-state index is 10.5. The number of nitrogens with zero attached hydrogens (tertiary/aromatic N) is 1. The molecule has 0 unspecified atom stereocenters. The third-order valence-electron chi connectivity index (χ3n) is 1.78. The minimum absolute atomic E-state index is 0.396. The zero-order chi connectivity index (χ0) is 9.14. The maximum absolute atomic E-state index is 10.5. The fourth-order valence-corrected chi connectivity index (χ4v) is 0.952. The lowest BCUT2D eigenvalue weighted by atomic mass is 10.2. The number of carbonyl (C=O) groups excluding carboxylic acids is 1. The van der Waals surface area contributed by atoms with Crippen molar-refractivity contribution in [3.05, 3.63) is 22.9 Å². The molecule has 0 spiro atoms. The Hall–Kier alpha value is -1.38. The predicted molar refractivity (Wildman–Crippen MR) is 45.7 cm³/mol. The summed E-state index contributed by atoms with van der Waals surface area (Å²) in [6.07, 6.45) is 0.748. The Bertz CT molecular complexity index is 308. The average Bonchev–Trinajstić information content (AvgIpc) is 2.09. The van der Waals surface area contributed by atoms with E-state index in [1.807, 2.05) is 13.8 Å². The van der Waals surface area contributed by atoms with Crippen LogP contribution in [0.1, 0.15) is 21.6 Å². The summed E-state index contributed by atoms with van der Waals surface area (Å²) in [7, 11) is 1.50. The third-order valence-corrected chi connectivity index (χ3v) is 1.78. The number of aldehydes is 1. The van der Waals surface area contributed by atoms with Crippen molar-refractivity contribution in [1.82, 2.24) is 4.98 Å². The third kappa shape index (κ3) is 1.44. The van der Waals surface area contributed by atoms with Crippen LogP contribution >= 0.6 is 0 Å². The number of carbonyl (C=O) groups is 1. The highest BCUT2D eigenvalue weighted by atomic mass is 16.5. The first kappa shape index (κ1) is 8.71. The first-order valence-corrected chi connectivity index (χ1v) is 3.66. The molecule has 0 N–H and O–H groups in total. The molecule has 0 aliphatic carbocycles. The largest absolute Gasteiger partial charge is 0.480 e. The van der Waals surface area contributed by atoms with Crippen molar-refractivity contribution >= 4 is 6.29 Å². The van der Waals surface area contributed by atoms with Crippen LogP contribution in [-0.2, 0) is 0 Å². The highest BCUT2D eigenvalue weighted by Gasteiger charge is 2.05. The van der Waals surface area contributed by atoms with Crippen LogP contribution in [0.5, 0.6) is 5.88 Å². The normalized spacial score (nSPS) is 9.58. The van der Waals surface area contributed by atoms with Crippen LogP contribution in [-0.4, -0.2) is 18.4 Å². The summed E-state index contributed by atoms with van der Waals surface area (Å²) in [5.41, 5.74) is 2.39. The van der Waals surface area contributed by atoms with Crippen LogP contribution in [0.3, 0.4) is 0 Å². The van der Waals surface area contributed by atoms with E-state index in [2.05, 4.69) is 4.98 Å². The zero-order valence-electron chi connectivity index (χ0n) is 7.42. The topological polar surface area (TPSA) is 39.2 Å². The minimum Gasteiger partial charge on any atom is -0.480 e. The smallest absolute Gasteiger partial charge is 0.224 e. The number of aryl methyl sites for hydroxylation is 2. The molecule has 0 amide bonds. The lowest BCUT2D eigenvalue weighted by Gasteiger charge is -2.05. The van der Waals surface area contributed by atoms with Crippen molar-refractivity contribution in [3.63, 3.8) is 0 Å².